The molecule has 2 aromatic carbocycles. The quantitative estimate of drug-likeness (QED) is 0.789. The zero-order valence-electron chi connectivity index (χ0n) is 12.3. The standard InChI is InChI=1S/C18H14N2O3/c21-18(14-3-1-2-12-6-7-19-11-15(12)14)20-13-4-5-16-17(10-13)23-9-8-22-16/h1-7,10-11H,8-9H2,(H,20,21). The maximum absolute atomic E-state index is 12.6. The lowest BCUT2D eigenvalue weighted by Gasteiger charge is -2.19. The molecule has 3 aromatic rings. The number of amides is 1. The number of benzene rings is 2. The van der Waals surface area contributed by atoms with Crippen LogP contribution in [0.1, 0.15) is 10.4 Å². The third kappa shape index (κ3) is 2.57. The van der Waals surface area contributed by atoms with Crippen LogP contribution in [0.15, 0.2) is 54.9 Å². The van der Waals surface area contributed by atoms with Crippen molar-refractivity contribution < 1.29 is 14.3 Å². The first-order chi connectivity index (χ1) is 11.3. The van der Waals surface area contributed by atoms with Crippen molar-refractivity contribution in [1.82, 2.24) is 4.98 Å². The van der Waals surface area contributed by atoms with Gasteiger partial charge in [-0.15, -0.1) is 0 Å². The summed E-state index contributed by atoms with van der Waals surface area (Å²) in [4.78, 5) is 16.7. The van der Waals surface area contributed by atoms with Crippen molar-refractivity contribution >= 4 is 22.4 Å². The van der Waals surface area contributed by atoms with Gasteiger partial charge in [-0.25, -0.2) is 0 Å². The summed E-state index contributed by atoms with van der Waals surface area (Å²) in [5, 5.41) is 4.70. The highest BCUT2D eigenvalue weighted by molar-refractivity contribution is 6.12. The number of nitrogens with zero attached hydrogens (tertiary/aromatic N) is 1. The SMILES string of the molecule is O=C(Nc1ccc2c(c1)OCCO2)c1cccc2ccncc12. The van der Waals surface area contributed by atoms with Crippen LogP contribution in [0.5, 0.6) is 11.5 Å². The van der Waals surface area contributed by atoms with Gasteiger partial charge in [0.25, 0.3) is 5.91 Å². The summed E-state index contributed by atoms with van der Waals surface area (Å²) in [7, 11) is 0. The predicted octanol–water partition coefficient (Wildman–Crippen LogP) is 3.26. The van der Waals surface area contributed by atoms with Crippen molar-refractivity contribution in [2.45, 2.75) is 0 Å². The molecule has 0 saturated carbocycles. The number of pyridine rings is 1. The monoisotopic (exact) mass is 306 g/mol. The molecule has 1 N–H and O–H groups in total. The number of carbonyl (C=O) groups is 1. The lowest BCUT2D eigenvalue weighted by Crippen LogP contribution is -2.16. The molecular formula is C18H14N2O3. The van der Waals surface area contributed by atoms with Gasteiger partial charge in [-0.05, 0) is 29.7 Å². The van der Waals surface area contributed by atoms with Crippen molar-refractivity contribution in [3.8, 4) is 11.5 Å². The van der Waals surface area contributed by atoms with Gasteiger partial charge in [0.2, 0.25) is 0 Å². The van der Waals surface area contributed by atoms with E-state index in [1.165, 1.54) is 0 Å². The van der Waals surface area contributed by atoms with Gasteiger partial charge in [0, 0.05) is 35.1 Å². The Morgan fingerprint density at radius 1 is 1.04 bits per heavy atom. The molecule has 1 aliphatic rings. The van der Waals surface area contributed by atoms with E-state index in [2.05, 4.69) is 10.3 Å². The molecule has 0 saturated heterocycles. The Bertz CT molecular complexity index is 887. The van der Waals surface area contributed by atoms with Gasteiger partial charge >= 0.3 is 0 Å². The van der Waals surface area contributed by atoms with E-state index in [1.807, 2.05) is 18.2 Å². The van der Waals surface area contributed by atoms with Gasteiger partial charge in [-0.3, -0.25) is 9.78 Å². The second kappa shape index (κ2) is 5.61. The fourth-order valence-corrected chi connectivity index (χ4v) is 2.63. The first-order valence-electron chi connectivity index (χ1n) is 7.35. The van der Waals surface area contributed by atoms with Crippen LogP contribution in [0.3, 0.4) is 0 Å². The highest BCUT2D eigenvalue weighted by Crippen LogP contribution is 2.32. The van der Waals surface area contributed by atoms with Crippen LogP contribution < -0.4 is 14.8 Å². The van der Waals surface area contributed by atoms with Crippen LogP contribution in [0.4, 0.5) is 5.69 Å². The van der Waals surface area contributed by atoms with E-state index in [-0.39, 0.29) is 5.91 Å². The van der Waals surface area contributed by atoms with E-state index in [4.69, 9.17) is 9.47 Å². The normalized spacial score (nSPS) is 12.9. The van der Waals surface area contributed by atoms with Gasteiger partial charge in [0.1, 0.15) is 13.2 Å². The van der Waals surface area contributed by atoms with E-state index in [0.717, 1.165) is 10.8 Å². The second-order valence-corrected chi connectivity index (χ2v) is 5.21. The number of carbonyl (C=O) groups excluding carboxylic acids is 1. The number of fused-ring (bicyclic) bond motifs is 2. The topological polar surface area (TPSA) is 60.5 Å². The Morgan fingerprint density at radius 3 is 2.83 bits per heavy atom. The number of hydrogen-bond donors (Lipinski definition) is 1. The molecule has 4 rings (SSSR count). The molecule has 1 aromatic heterocycles. The van der Waals surface area contributed by atoms with Crippen molar-refractivity contribution in [1.29, 1.82) is 0 Å². The van der Waals surface area contributed by atoms with Crippen LogP contribution in [0.2, 0.25) is 0 Å². The zero-order chi connectivity index (χ0) is 15.6. The molecule has 0 spiro atoms. The van der Waals surface area contributed by atoms with Crippen molar-refractivity contribution in [2.75, 3.05) is 18.5 Å². The molecule has 2 heterocycles. The van der Waals surface area contributed by atoms with Gasteiger partial charge in [0.05, 0.1) is 0 Å². The Balaban J connectivity index is 1.64. The Hall–Kier alpha value is -3.08. The minimum absolute atomic E-state index is 0.180. The minimum atomic E-state index is -0.180. The van der Waals surface area contributed by atoms with Crippen molar-refractivity contribution in [2.24, 2.45) is 0 Å². The first kappa shape index (κ1) is 13.6. The molecule has 0 fully saturated rings. The number of hydrogen-bond acceptors (Lipinski definition) is 4. The average Bonchev–Trinajstić information content (AvgIpc) is 2.61. The Labute approximate surface area is 132 Å². The lowest BCUT2D eigenvalue weighted by molar-refractivity contribution is 0.102. The molecular weight excluding hydrogens is 292 g/mol. The summed E-state index contributed by atoms with van der Waals surface area (Å²) in [5.74, 6) is 1.16. The zero-order valence-corrected chi connectivity index (χ0v) is 12.3. The molecule has 0 radical (unpaired) electrons. The van der Waals surface area contributed by atoms with E-state index >= 15 is 0 Å². The fourth-order valence-electron chi connectivity index (χ4n) is 2.63. The van der Waals surface area contributed by atoms with Gasteiger partial charge in [-0.2, -0.15) is 0 Å². The highest BCUT2D eigenvalue weighted by atomic mass is 16.6. The molecule has 0 aliphatic carbocycles. The Morgan fingerprint density at radius 2 is 1.91 bits per heavy atom. The first-order valence-corrected chi connectivity index (χ1v) is 7.35. The van der Waals surface area contributed by atoms with Gasteiger partial charge in [-0.1, -0.05) is 12.1 Å². The molecule has 0 bridgehead atoms. The largest absolute Gasteiger partial charge is 0.486 e. The molecule has 5 nitrogen and oxygen atoms in total. The van der Waals surface area contributed by atoms with Gasteiger partial charge < -0.3 is 14.8 Å². The van der Waals surface area contributed by atoms with Crippen LogP contribution in [0, 0.1) is 0 Å². The molecule has 0 atom stereocenters. The number of rotatable bonds is 2. The summed E-state index contributed by atoms with van der Waals surface area (Å²) in [6, 6.07) is 12.9. The van der Waals surface area contributed by atoms with E-state index in [9.17, 15) is 4.79 Å². The van der Waals surface area contributed by atoms with Crippen LogP contribution in [-0.2, 0) is 0 Å². The minimum Gasteiger partial charge on any atom is -0.486 e. The van der Waals surface area contributed by atoms with Crippen molar-refractivity contribution in [3.63, 3.8) is 0 Å². The van der Waals surface area contributed by atoms with Crippen LogP contribution in [0.25, 0.3) is 10.8 Å². The number of nitrogens with one attached hydrogen (secondary N) is 1. The summed E-state index contributed by atoms with van der Waals surface area (Å²) in [5.41, 5.74) is 1.26. The number of ether oxygens (including phenoxy) is 2. The molecule has 1 aliphatic heterocycles. The fraction of sp³-hybridized carbons (Fsp3) is 0.111. The van der Waals surface area contributed by atoms with E-state index < -0.39 is 0 Å². The summed E-state index contributed by atoms with van der Waals surface area (Å²) in [6.45, 7) is 1.06. The van der Waals surface area contributed by atoms with Crippen molar-refractivity contribution in [3.05, 3.63) is 60.4 Å². The van der Waals surface area contributed by atoms with Crippen LogP contribution in [-0.4, -0.2) is 24.1 Å². The predicted molar refractivity (Wildman–Crippen MR) is 87.1 cm³/mol. The summed E-state index contributed by atoms with van der Waals surface area (Å²) >= 11 is 0. The smallest absolute Gasteiger partial charge is 0.256 e. The maximum atomic E-state index is 12.6. The van der Waals surface area contributed by atoms with E-state index in [1.54, 1.807) is 36.7 Å². The molecule has 0 unspecified atom stereocenters. The molecule has 114 valence electrons. The van der Waals surface area contributed by atoms with E-state index in [0.29, 0.717) is 36.0 Å². The third-order valence-corrected chi connectivity index (χ3v) is 3.73. The highest BCUT2D eigenvalue weighted by Gasteiger charge is 2.14. The number of aromatic nitrogens is 1. The summed E-state index contributed by atoms with van der Waals surface area (Å²) in [6.07, 6.45) is 3.42. The summed E-state index contributed by atoms with van der Waals surface area (Å²) < 4.78 is 11.0. The molecule has 23 heavy (non-hydrogen) atoms. The third-order valence-electron chi connectivity index (χ3n) is 3.73. The van der Waals surface area contributed by atoms with Gasteiger partial charge in [0.15, 0.2) is 11.5 Å². The average molecular weight is 306 g/mol. The van der Waals surface area contributed by atoms with Crippen LogP contribution >= 0.6 is 0 Å². The lowest BCUT2D eigenvalue weighted by atomic mass is 10.1. The molecule has 5 heteroatoms. The maximum Gasteiger partial charge on any atom is 0.256 e. The molecule has 1 amide bonds. The number of anilines is 1. The second-order valence-electron chi connectivity index (χ2n) is 5.21. The Kier molecular flexibility index (Phi) is 3.31.